The summed E-state index contributed by atoms with van der Waals surface area (Å²) in [6.45, 7) is -2.91. The molecule has 26 heavy (non-hydrogen) atoms. The van der Waals surface area contributed by atoms with Gasteiger partial charge in [-0.05, 0) is 0 Å². The van der Waals surface area contributed by atoms with E-state index >= 15 is 0 Å². The molecule has 152 valence electrons. The number of aliphatic hydroxyl groups excluding tert-OH is 8. The van der Waals surface area contributed by atoms with E-state index in [-0.39, 0.29) is 0 Å². The first-order chi connectivity index (χ1) is 12.2. The van der Waals surface area contributed by atoms with Crippen molar-refractivity contribution in [1.29, 1.82) is 0 Å². The largest absolute Gasteiger partial charge is 0.394 e. The van der Waals surface area contributed by atoms with Crippen LogP contribution in [0.15, 0.2) is 5.34 Å². The summed E-state index contributed by atoms with van der Waals surface area (Å²) >= 11 is 0. The van der Waals surface area contributed by atoms with Crippen LogP contribution < -0.4 is 0 Å². The molecule has 0 spiro atoms. The summed E-state index contributed by atoms with van der Waals surface area (Å²) in [6, 6.07) is 0. The molecule has 2 heterocycles. The Kier molecular flexibility index (Phi) is 6.47. The quantitative estimate of drug-likeness (QED) is 0.116. The molecular formula is C12H21NO13. The van der Waals surface area contributed by atoms with Crippen molar-refractivity contribution in [2.75, 3.05) is 19.8 Å². The first-order valence-corrected chi connectivity index (χ1v) is 7.51. The van der Waals surface area contributed by atoms with E-state index in [2.05, 4.69) is 4.84 Å². The summed E-state index contributed by atoms with van der Waals surface area (Å²) in [5.74, 6) is -5.62. The zero-order valence-corrected chi connectivity index (χ0v) is 13.2. The van der Waals surface area contributed by atoms with Gasteiger partial charge in [-0.25, -0.2) is 0 Å². The van der Waals surface area contributed by atoms with Gasteiger partial charge >= 0.3 is 5.97 Å². The monoisotopic (exact) mass is 387 g/mol. The highest BCUT2D eigenvalue weighted by molar-refractivity contribution is 5.00. The van der Waals surface area contributed by atoms with Crippen LogP contribution in [0.4, 0.5) is 0 Å². The molecule has 14 nitrogen and oxygen atoms in total. The van der Waals surface area contributed by atoms with Gasteiger partial charge in [0.2, 0.25) is 5.79 Å². The molecule has 2 aliphatic rings. The third-order valence-corrected chi connectivity index (χ3v) is 4.30. The molecule has 2 fully saturated rings. The van der Waals surface area contributed by atoms with E-state index in [1.54, 1.807) is 0 Å². The summed E-state index contributed by atoms with van der Waals surface area (Å²) in [6.07, 6.45) is -13.1. The predicted molar refractivity (Wildman–Crippen MR) is 74.5 cm³/mol. The van der Waals surface area contributed by atoms with E-state index < -0.39 is 74.3 Å². The summed E-state index contributed by atoms with van der Waals surface area (Å²) in [5, 5.41) is 79.8. The van der Waals surface area contributed by atoms with Crippen molar-refractivity contribution in [2.24, 2.45) is 5.34 Å². The fourth-order valence-corrected chi connectivity index (χ4v) is 2.83. The van der Waals surface area contributed by atoms with Crippen molar-refractivity contribution in [3.05, 3.63) is 4.91 Å². The fourth-order valence-electron chi connectivity index (χ4n) is 2.83. The van der Waals surface area contributed by atoms with E-state index in [4.69, 9.17) is 19.3 Å². The lowest BCUT2D eigenvalue weighted by atomic mass is 9.97. The van der Waals surface area contributed by atoms with Crippen LogP contribution in [0.1, 0.15) is 0 Å². The van der Waals surface area contributed by atoms with Crippen LogP contribution >= 0.6 is 0 Å². The van der Waals surface area contributed by atoms with E-state index in [0.29, 0.717) is 0 Å². The minimum atomic E-state index is -3.04. The standard InChI is InChI=1S/C12H21NO13/c14-1-4-6(17)8(19)10(21)12(24-4,26-13-22)25-11(3-16)9(20)7(18)5(2-15)23-11/h4-10,14-21H,1-3H2/t4-,5-,6-,7-,8+,9+,10-,11?,12-/m1/s1. The third kappa shape index (κ3) is 3.30. The second kappa shape index (κ2) is 7.91. The van der Waals surface area contributed by atoms with Gasteiger partial charge in [-0.2, -0.15) is 0 Å². The molecule has 0 saturated carbocycles. The molecule has 0 amide bonds. The highest BCUT2D eigenvalue weighted by Gasteiger charge is 2.66. The van der Waals surface area contributed by atoms with Crippen molar-refractivity contribution in [3.8, 4) is 0 Å². The summed E-state index contributed by atoms with van der Waals surface area (Å²) in [7, 11) is 0. The van der Waals surface area contributed by atoms with Gasteiger partial charge < -0.3 is 50.3 Å². The predicted octanol–water partition coefficient (Wildman–Crippen LogP) is -5.37. The van der Waals surface area contributed by atoms with Crippen LogP contribution in [0.2, 0.25) is 0 Å². The van der Waals surface area contributed by atoms with Crippen LogP contribution in [0.3, 0.4) is 0 Å². The van der Waals surface area contributed by atoms with Gasteiger partial charge in [0.25, 0.3) is 0 Å². The molecular weight excluding hydrogens is 366 g/mol. The average Bonchev–Trinajstić information content (AvgIpc) is 2.88. The third-order valence-electron chi connectivity index (χ3n) is 4.30. The Morgan fingerprint density at radius 1 is 0.846 bits per heavy atom. The molecule has 1 unspecified atom stereocenters. The van der Waals surface area contributed by atoms with Gasteiger partial charge in [0.05, 0.1) is 13.2 Å². The van der Waals surface area contributed by atoms with Crippen LogP contribution in [0, 0.1) is 4.91 Å². The molecule has 0 aromatic heterocycles. The summed E-state index contributed by atoms with van der Waals surface area (Å²) in [4.78, 5) is 15.0. The number of hydrogen-bond donors (Lipinski definition) is 8. The lowest BCUT2D eigenvalue weighted by Gasteiger charge is -2.47. The van der Waals surface area contributed by atoms with Crippen molar-refractivity contribution < 1.29 is 59.9 Å². The molecule has 0 aromatic carbocycles. The highest BCUT2D eigenvalue weighted by atomic mass is 17.0. The first-order valence-electron chi connectivity index (χ1n) is 7.51. The Balaban J connectivity index is 2.41. The maximum absolute atomic E-state index is 10.6. The maximum atomic E-state index is 10.6. The van der Waals surface area contributed by atoms with Gasteiger partial charge in [-0.3, -0.25) is 9.57 Å². The number of aliphatic hydroxyl groups is 8. The number of nitrogens with zero attached hydrogens (tertiary/aromatic N) is 1. The van der Waals surface area contributed by atoms with E-state index in [1.165, 1.54) is 0 Å². The summed E-state index contributed by atoms with van der Waals surface area (Å²) in [5.41, 5.74) is 0. The van der Waals surface area contributed by atoms with Crippen molar-refractivity contribution in [3.63, 3.8) is 0 Å². The second-order valence-corrected chi connectivity index (χ2v) is 5.88. The molecule has 8 N–H and O–H groups in total. The smallest absolute Gasteiger partial charge is 0.386 e. The zero-order chi connectivity index (χ0) is 19.7. The van der Waals surface area contributed by atoms with E-state index in [9.17, 15) is 40.7 Å². The second-order valence-electron chi connectivity index (χ2n) is 5.88. The minimum absolute atomic E-state index is 0.798. The van der Waals surface area contributed by atoms with Crippen molar-refractivity contribution >= 4 is 0 Å². The SMILES string of the molecule is O=NO[C@@]1(OC2(CO)O[C@H](CO)[C@@H](O)[C@@H]2O)O[C@H](CO)[C@@H](O)[C@H](O)[C@H]1O. The van der Waals surface area contributed by atoms with Gasteiger partial charge in [0, 0.05) is 0 Å². The molecule has 0 bridgehead atoms. The zero-order valence-electron chi connectivity index (χ0n) is 13.2. The van der Waals surface area contributed by atoms with E-state index in [0.717, 1.165) is 0 Å². The Hall–Kier alpha value is -1.04. The Morgan fingerprint density at radius 2 is 1.42 bits per heavy atom. The molecule has 0 aromatic rings. The Bertz CT molecular complexity index is 494. The van der Waals surface area contributed by atoms with Crippen LogP contribution in [0.5, 0.6) is 0 Å². The van der Waals surface area contributed by atoms with Crippen molar-refractivity contribution in [2.45, 2.75) is 54.5 Å². The normalized spacial score (nSPS) is 49.2. The van der Waals surface area contributed by atoms with Crippen LogP contribution in [-0.4, -0.2) is 115 Å². The molecule has 14 heteroatoms. The highest BCUT2D eigenvalue weighted by Crippen LogP contribution is 2.41. The van der Waals surface area contributed by atoms with Crippen LogP contribution in [-0.2, 0) is 19.0 Å². The first kappa shape index (κ1) is 21.3. The summed E-state index contributed by atoms with van der Waals surface area (Å²) < 4.78 is 15.2. The minimum Gasteiger partial charge on any atom is -0.394 e. The average molecular weight is 387 g/mol. The molecule has 0 aliphatic carbocycles. The van der Waals surface area contributed by atoms with Gasteiger partial charge in [-0.15, -0.1) is 4.91 Å². The maximum Gasteiger partial charge on any atom is 0.386 e. The van der Waals surface area contributed by atoms with Crippen LogP contribution in [0.25, 0.3) is 0 Å². The fraction of sp³-hybridized carbons (Fsp3) is 1.00. The van der Waals surface area contributed by atoms with Gasteiger partial charge in [0.15, 0.2) is 11.4 Å². The number of rotatable bonds is 7. The number of hydrogen-bond acceptors (Lipinski definition) is 14. The Labute approximate surface area is 145 Å². The lowest BCUT2D eigenvalue weighted by Crippen LogP contribution is -2.70. The molecule has 0 radical (unpaired) electrons. The lowest BCUT2D eigenvalue weighted by molar-refractivity contribution is -0.511. The molecule has 2 rings (SSSR count). The molecule has 2 saturated heterocycles. The van der Waals surface area contributed by atoms with Crippen molar-refractivity contribution in [1.82, 2.24) is 0 Å². The van der Waals surface area contributed by atoms with E-state index in [1.807, 2.05) is 5.34 Å². The van der Waals surface area contributed by atoms with Gasteiger partial charge in [-0.1, -0.05) is 0 Å². The molecule has 2 aliphatic heterocycles. The number of ether oxygens (including phenoxy) is 3. The topological polar surface area (TPSA) is 228 Å². The van der Waals surface area contributed by atoms with Gasteiger partial charge in [0.1, 0.15) is 43.2 Å². The Morgan fingerprint density at radius 3 is 1.88 bits per heavy atom. The molecule has 9 atom stereocenters.